The first-order valence-electron chi connectivity index (χ1n) is 4.73. The minimum atomic E-state index is 0.103. The molecule has 2 aromatic heterocycles. The summed E-state index contributed by atoms with van der Waals surface area (Å²) >= 11 is 1.64. The zero-order valence-corrected chi connectivity index (χ0v) is 9.80. The largest absolute Gasteiger partial charge is 0.245 e. The van der Waals surface area contributed by atoms with Crippen LogP contribution in [-0.2, 0) is 11.8 Å². The molecular formula is C9H13N5S. The van der Waals surface area contributed by atoms with Gasteiger partial charge in [0.25, 0.3) is 0 Å². The fraction of sp³-hybridized carbons (Fsp3) is 0.556. The summed E-state index contributed by atoms with van der Waals surface area (Å²) in [6, 6.07) is 0. The van der Waals surface area contributed by atoms with Crippen LogP contribution in [0.4, 0.5) is 0 Å². The Morgan fingerprint density at radius 1 is 1.40 bits per heavy atom. The van der Waals surface area contributed by atoms with E-state index in [1.165, 1.54) is 0 Å². The topological polar surface area (TPSA) is 67.3 Å². The number of nitrogens with zero attached hydrogens (tertiary/aromatic N) is 4. The van der Waals surface area contributed by atoms with Crippen LogP contribution in [0.15, 0.2) is 5.38 Å². The minimum Gasteiger partial charge on any atom is -0.245 e. The Kier molecular flexibility index (Phi) is 2.52. The molecule has 0 saturated carbocycles. The molecule has 2 rings (SSSR count). The van der Waals surface area contributed by atoms with Gasteiger partial charge in [-0.25, -0.2) is 4.98 Å². The molecule has 80 valence electrons. The van der Waals surface area contributed by atoms with Gasteiger partial charge in [-0.05, 0) is 0 Å². The standard InChI is InChI=1S/C9H13N5S/c1-9(2,3)6-5-15-8(10-6)4-7-11-13-14-12-7/h5H,4H2,1-3H3,(H,11,12,13,14). The molecule has 0 unspecified atom stereocenters. The first-order chi connectivity index (χ1) is 7.05. The van der Waals surface area contributed by atoms with Gasteiger partial charge in [0.15, 0.2) is 5.82 Å². The lowest BCUT2D eigenvalue weighted by Crippen LogP contribution is -2.11. The van der Waals surface area contributed by atoms with Gasteiger partial charge in [-0.3, -0.25) is 0 Å². The summed E-state index contributed by atoms with van der Waals surface area (Å²) in [5.74, 6) is 0.685. The fourth-order valence-corrected chi connectivity index (χ4v) is 2.15. The first-order valence-corrected chi connectivity index (χ1v) is 5.61. The molecule has 2 aromatic rings. The summed E-state index contributed by atoms with van der Waals surface area (Å²) in [4.78, 5) is 4.55. The van der Waals surface area contributed by atoms with E-state index in [-0.39, 0.29) is 5.41 Å². The highest BCUT2D eigenvalue weighted by atomic mass is 32.1. The first kappa shape index (κ1) is 10.2. The molecule has 0 aliphatic heterocycles. The number of hydrogen-bond donors (Lipinski definition) is 1. The molecule has 6 heteroatoms. The lowest BCUT2D eigenvalue weighted by molar-refractivity contribution is 0.571. The van der Waals surface area contributed by atoms with Gasteiger partial charge in [-0.2, -0.15) is 5.21 Å². The van der Waals surface area contributed by atoms with Crippen molar-refractivity contribution < 1.29 is 0 Å². The molecule has 0 aliphatic rings. The second kappa shape index (κ2) is 3.69. The van der Waals surface area contributed by atoms with Crippen LogP contribution in [0.2, 0.25) is 0 Å². The molecule has 2 heterocycles. The van der Waals surface area contributed by atoms with E-state index in [1.54, 1.807) is 11.3 Å². The number of thiazole rings is 1. The van der Waals surface area contributed by atoms with Crippen molar-refractivity contribution in [3.8, 4) is 0 Å². The third-order valence-corrected chi connectivity index (χ3v) is 2.87. The molecule has 0 amide bonds. The van der Waals surface area contributed by atoms with Gasteiger partial charge >= 0.3 is 0 Å². The van der Waals surface area contributed by atoms with Crippen LogP contribution in [0, 0.1) is 0 Å². The number of aromatic nitrogens is 5. The van der Waals surface area contributed by atoms with Crippen molar-refractivity contribution in [2.75, 3.05) is 0 Å². The van der Waals surface area contributed by atoms with Crippen LogP contribution in [-0.4, -0.2) is 25.6 Å². The normalized spacial score (nSPS) is 11.9. The maximum Gasteiger partial charge on any atom is 0.181 e. The summed E-state index contributed by atoms with van der Waals surface area (Å²) in [6.07, 6.45) is 0.650. The SMILES string of the molecule is CC(C)(C)c1csc(Cc2nn[nH]n2)n1. The van der Waals surface area contributed by atoms with Crippen LogP contribution in [0.3, 0.4) is 0 Å². The van der Waals surface area contributed by atoms with Crippen molar-refractivity contribution in [3.63, 3.8) is 0 Å². The molecule has 0 saturated heterocycles. The predicted octanol–water partition coefficient (Wildman–Crippen LogP) is 1.54. The Morgan fingerprint density at radius 3 is 2.73 bits per heavy atom. The van der Waals surface area contributed by atoms with E-state index < -0.39 is 0 Å². The molecule has 0 atom stereocenters. The predicted molar refractivity (Wildman–Crippen MR) is 57.8 cm³/mol. The molecule has 0 spiro atoms. The Morgan fingerprint density at radius 2 is 2.20 bits per heavy atom. The lowest BCUT2D eigenvalue weighted by Gasteiger charge is -2.14. The second-order valence-corrected chi connectivity index (χ2v) is 5.32. The van der Waals surface area contributed by atoms with Crippen LogP contribution in [0.25, 0.3) is 0 Å². The Labute approximate surface area is 91.9 Å². The van der Waals surface area contributed by atoms with E-state index >= 15 is 0 Å². The van der Waals surface area contributed by atoms with E-state index in [9.17, 15) is 0 Å². The van der Waals surface area contributed by atoms with Crippen molar-refractivity contribution in [1.29, 1.82) is 0 Å². The van der Waals surface area contributed by atoms with E-state index in [0.717, 1.165) is 10.7 Å². The molecule has 1 N–H and O–H groups in total. The highest BCUT2D eigenvalue weighted by molar-refractivity contribution is 7.09. The van der Waals surface area contributed by atoms with E-state index in [0.29, 0.717) is 12.2 Å². The van der Waals surface area contributed by atoms with Gasteiger partial charge in [0, 0.05) is 10.8 Å². The van der Waals surface area contributed by atoms with Gasteiger partial charge in [0.05, 0.1) is 12.1 Å². The number of hydrogen-bond acceptors (Lipinski definition) is 5. The monoisotopic (exact) mass is 223 g/mol. The van der Waals surface area contributed by atoms with E-state index in [2.05, 4.69) is 51.8 Å². The molecule has 0 radical (unpaired) electrons. The highest BCUT2D eigenvalue weighted by Crippen LogP contribution is 2.24. The maximum atomic E-state index is 4.55. The van der Waals surface area contributed by atoms with Crippen molar-refractivity contribution in [3.05, 3.63) is 21.9 Å². The second-order valence-electron chi connectivity index (χ2n) is 4.38. The number of rotatable bonds is 2. The van der Waals surface area contributed by atoms with Gasteiger partial charge in [-0.15, -0.1) is 21.5 Å². The number of aromatic amines is 1. The Hall–Kier alpha value is -1.30. The van der Waals surface area contributed by atoms with Gasteiger partial charge in [0.1, 0.15) is 5.01 Å². The van der Waals surface area contributed by atoms with Gasteiger partial charge in [0.2, 0.25) is 0 Å². The van der Waals surface area contributed by atoms with Gasteiger partial charge in [-0.1, -0.05) is 26.0 Å². The zero-order valence-electron chi connectivity index (χ0n) is 8.98. The summed E-state index contributed by atoms with van der Waals surface area (Å²) < 4.78 is 0. The molecule has 5 nitrogen and oxygen atoms in total. The third-order valence-electron chi connectivity index (χ3n) is 2.02. The quantitative estimate of drug-likeness (QED) is 0.838. The van der Waals surface area contributed by atoms with Crippen molar-refractivity contribution in [2.24, 2.45) is 0 Å². The van der Waals surface area contributed by atoms with Crippen LogP contribution in [0.5, 0.6) is 0 Å². The summed E-state index contributed by atoms with van der Waals surface area (Å²) in [5.41, 5.74) is 1.22. The Balaban J connectivity index is 2.15. The molecule has 0 fully saturated rings. The molecule has 0 bridgehead atoms. The van der Waals surface area contributed by atoms with Crippen LogP contribution in [0.1, 0.15) is 37.3 Å². The van der Waals surface area contributed by atoms with Crippen LogP contribution < -0.4 is 0 Å². The van der Waals surface area contributed by atoms with Crippen molar-refractivity contribution in [1.82, 2.24) is 25.6 Å². The molecule has 15 heavy (non-hydrogen) atoms. The highest BCUT2D eigenvalue weighted by Gasteiger charge is 2.17. The maximum absolute atomic E-state index is 4.55. The smallest absolute Gasteiger partial charge is 0.181 e. The Bertz CT molecular complexity index is 426. The molecular weight excluding hydrogens is 210 g/mol. The average molecular weight is 223 g/mol. The summed E-state index contributed by atoms with van der Waals surface area (Å²) in [7, 11) is 0. The van der Waals surface area contributed by atoms with E-state index in [1.807, 2.05) is 0 Å². The number of H-pyrrole nitrogens is 1. The average Bonchev–Trinajstić information content (AvgIpc) is 2.73. The molecule has 0 aromatic carbocycles. The van der Waals surface area contributed by atoms with E-state index in [4.69, 9.17) is 0 Å². The van der Waals surface area contributed by atoms with Crippen molar-refractivity contribution in [2.45, 2.75) is 32.6 Å². The zero-order chi connectivity index (χ0) is 10.9. The summed E-state index contributed by atoms with van der Waals surface area (Å²) in [6.45, 7) is 6.46. The lowest BCUT2D eigenvalue weighted by atomic mass is 9.93. The number of nitrogens with one attached hydrogen (secondary N) is 1. The summed E-state index contributed by atoms with van der Waals surface area (Å²) in [5, 5.41) is 16.9. The van der Waals surface area contributed by atoms with Gasteiger partial charge < -0.3 is 0 Å². The minimum absolute atomic E-state index is 0.103. The third kappa shape index (κ3) is 2.38. The number of tetrazole rings is 1. The van der Waals surface area contributed by atoms with Crippen molar-refractivity contribution >= 4 is 11.3 Å². The van der Waals surface area contributed by atoms with Crippen LogP contribution >= 0.6 is 11.3 Å². The molecule has 0 aliphatic carbocycles. The fourth-order valence-electron chi connectivity index (χ4n) is 1.13.